The minimum absolute atomic E-state index is 0.224. The first-order chi connectivity index (χ1) is 8.99. The summed E-state index contributed by atoms with van der Waals surface area (Å²) in [6, 6.07) is 8.50. The second-order valence-electron chi connectivity index (χ2n) is 4.36. The van der Waals surface area contributed by atoms with Crippen LogP contribution in [0.15, 0.2) is 35.1 Å². The molecule has 98 valence electrons. The number of hydrogen-bond acceptors (Lipinski definition) is 3. The maximum absolute atomic E-state index is 12.1. The number of nitrogens with zero attached hydrogens (tertiary/aromatic N) is 2. The Balaban J connectivity index is 2.48. The van der Waals surface area contributed by atoms with E-state index in [1.54, 1.807) is 13.0 Å². The molecular formula is C14H14N2O3. The number of aromatic nitrogens is 2. The number of aromatic carboxylic acids is 1. The van der Waals surface area contributed by atoms with Crippen LogP contribution in [-0.4, -0.2) is 20.6 Å². The molecule has 0 fully saturated rings. The van der Waals surface area contributed by atoms with Gasteiger partial charge in [-0.2, -0.15) is 0 Å². The van der Waals surface area contributed by atoms with Crippen LogP contribution in [-0.2, 0) is 6.54 Å². The lowest BCUT2D eigenvalue weighted by atomic mass is 10.2. The molecule has 0 amide bonds. The average molecular weight is 258 g/mol. The van der Waals surface area contributed by atoms with Gasteiger partial charge in [0.2, 0.25) is 0 Å². The van der Waals surface area contributed by atoms with Crippen molar-refractivity contribution in [3.05, 3.63) is 63.3 Å². The molecule has 19 heavy (non-hydrogen) atoms. The number of carbonyl (C=O) groups is 1. The second-order valence-corrected chi connectivity index (χ2v) is 4.36. The smallest absolute Gasteiger partial charge is 0.341 e. The predicted octanol–water partition coefficient (Wildman–Crippen LogP) is 1.61. The van der Waals surface area contributed by atoms with E-state index in [-0.39, 0.29) is 12.1 Å². The van der Waals surface area contributed by atoms with Crippen LogP contribution in [0.4, 0.5) is 0 Å². The highest BCUT2D eigenvalue weighted by Gasteiger charge is 2.12. The predicted molar refractivity (Wildman–Crippen MR) is 70.5 cm³/mol. The lowest BCUT2D eigenvalue weighted by Crippen LogP contribution is -2.28. The molecule has 0 saturated carbocycles. The van der Waals surface area contributed by atoms with Crippen LogP contribution in [0.25, 0.3) is 0 Å². The number of pyridine rings is 2. The zero-order valence-corrected chi connectivity index (χ0v) is 10.8. The lowest BCUT2D eigenvalue weighted by Gasteiger charge is -2.10. The SMILES string of the molecule is Cc1cccc(Cn2c(C)ccc(C(=O)O)c2=O)n1. The summed E-state index contributed by atoms with van der Waals surface area (Å²) >= 11 is 0. The average Bonchev–Trinajstić information content (AvgIpc) is 2.34. The highest BCUT2D eigenvalue weighted by molar-refractivity contribution is 5.87. The van der Waals surface area contributed by atoms with Crippen LogP contribution in [0.1, 0.15) is 27.4 Å². The topological polar surface area (TPSA) is 72.2 Å². The minimum atomic E-state index is -1.21. The largest absolute Gasteiger partial charge is 0.477 e. The lowest BCUT2D eigenvalue weighted by molar-refractivity contribution is 0.0694. The van der Waals surface area contributed by atoms with Crippen molar-refractivity contribution in [3.8, 4) is 0 Å². The second kappa shape index (κ2) is 5.06. The number of aryl methyl sites for hydroxylation is 2. The molecule has 0 atom stereocenters. The summed E-state index contributed by atoms with van der Waals surface area (Å²) in [6.07, 6.45) is 0. The number of rotatable bonds is 3. The molecule has 1 N–H and O–H groups in total. The molecule has 0 aliphatic rings. The van der Waals surface area contributed by atoms with Crippen LogP contribution in [0.2, 0.25) is 0 Å². The monoisotopic (exact) mass is 258 g/mol. The van der Waals surface area contributed by atoms with Crippen molar-refractivity contribution in [3.63, 3.8) is 0 Å². The molecule has 2 aromatic rings. The van der Waals surface area contributed by atoms with E-state index in [1.807, 2.05) is 25.1 Å². The zero-order chi connectivity index (χ0) is 14.0. The first-order valence-electron chi connectivity index (χ1n) is 5.85. The van der Waals surface area contributed by atoms with Crippen molar-refractivity contribution < 1.29 is 9.90 Å². The summed E-state index contributed by atoms with van der Waals surface area (Å²) in [5.41, 5.74) is 1.57. The standard InChI is InChI=1S/C14H14N2O3/c1-9-4-3-5-11(15-9)8-16-10(2)6-7-12(13(16)17)14(18)19/h3-7H,8H2,1-2H3,(H,18,19). The number of hydrogen-bond donors (Lipinski definition) is 1. The van der Waals surface area contributed by atoms with E-state index in [0.717, 1.165) is 11.4 Å². The van der Waals surface area contributed by atoms with Gasteiger partial charge >= 0.3 is 5.97 Å². The molecule has 5 nitrogen and oxygen atoms in total. The van der Waals surface area contributed by atoms with Crippen molar-refractivity contribution in [1.82, 2.24) is 9.55 Å². The Hall–Kier alpha value is -2.43. The summed E-state index contributed by atoms with van der Waals surface area (Å²) in [7, 11) is 0. The molecule has 0 unspecified atom stereocenters. The van der Waals surface area contributed by atoms with Crippen LogP contribution < -0.4 is 5.56 Å². The van der Waals surface area contributed by atoms with Gasteiger partial charge in [0.15, 0.2) is 0 Å². The number of carboxylic acids is 1. The van der Waals surface area contributed by atoms with Crippen molar-refractivity contribution in [1.29, 1.82) is 0 Å². The molecule has 0 aliphatic heterocycles. The van der Waals surface area contributed by atoms with Gasteiger partial charge in [0.25, 0.3) is 5.56 Å². The van der Waals surface area contributed by atoms with Gasteiger partial charge in [0, 0.05) is 11.4 Å². The first-order valence-corrected chi connectivity index (χ1v) is 5.85. The Bertz CT molecular complexity index is 689. The van der Waals surface area contributed by atoms with E-state index in [2.05, 4.69) is 4.98 Å². The van der Waals surface area contributed by atoms with Gasteiger partial charge in [0.05, 0.1) is 12.2 Å². The Morgan fingerprint density at radius 3 is 2.63 bits per heavy atom. The summed E-state index contributed by atoms with van der Waals surface area (Å²) in [4.78, 5) is 27.4. The molecule has 0 spiro atoms. The van der Waals surface area contributed by atoms with Gasteiger partial charge < -0.3 is 9.67 Å². The third kappa shape index (κ3) is 2.70. The van der Waals surface area contributed by atoms with Crippen LogP contribution in [0.3, 0.4) is 0 Å². The molecule has 0 saturated heterocycles. The van der Waals surface area contributed by atoms with E-state index >= 15 is 0 Å². The molecule has 5 heteroatoms. The van der Waals surface area contributed by atoms with Crippen LogP contribution in [0, 0.1) is 13.8 Å². The molecule has 0 aromatic carbocycles. The van der Waals surface area contributed by atoms with Crippen molar-refractivity contribution in [2.24, 2.45) is 0 Å². The maximum Gasteiger partial charge on any atom is 0.341 e. The van der Waals surface area contributed by atoms with Crippen molar-refractivity contribution >= 4 is 5.97 Å². The Morgan fingerprint density at radius 1 is 1.26 bits per heavy atom. The van der Waals surface area contributed by atoms with Gasteiger partial charge in [-0.25, -0.2) is 4.79 Å². The molecular weight excluding hydrogens is 244 g/mol. The molecule has 0 aliphatic carbocycles. The molecule has 0 radical (unpaired) electrons. The summed E-state index contributed by atoms with van der Waals surface area (Å²) in [6.45, 7) is 3.91. The summed E-state index contributed by atoms with van der Waals surface area (Å²) in [5.74, 6) is -1.21. The van der Waals surface area contributed by atoms with E-state index < -0.39 is 11.5 Å². The molecule has 2 aromatic heterocycles. The maximum atomic E-state index is 12.1. The zero-order valence-electron chi connectivity index (χ0n) is 10.8. The van der Waals surface area contributed by atoms with Gasteiger partial charge in [-0.1, -0.05) is 6.07 Å². The third-order valence-electron chi connectivity index (χ3n) is 2.89. The fourth-order valence-electron chi connectivity index (χ4n) is 1.88. The van der Waals surface area contributed by atoms with E-state index in [4.69, 9.17) is 5.11 Å². The quantitative estimate of drug-likeness (QED) is 0.907. The normalized spacial score (nSPS) is 10.4. The Labute approximate surface area is 110 Å². The fraction of sp³-hybridized carbons (Fsp3) is 0.214. The van der Waals surface area contributed by atoms with Crippen molar-refractivity contribution in [2.75, 3.05) is 0 Å². The van der Waals surface area contributed by atoms with Gasteiger partial charge in [-0.05, 0) is 38.1 Å². The Morgan fingerprint density at radius 2 is 2.00 bits per heavy atom. The molecule has 0 bridgehead atoms. The van der Waals surface area contributed by atoms with Crippen LogP contribution >= 0.6 is 0 Å². The minimum Gasteiger partial charge on any atom is -0.477 e. The summed E-state index contributed by atoms with van der Waals surface area (Å²) in [5, 5.41) is 8.96. The highest BCUT2D eigenvalue weighted by Crippen LogP contribution is 2.04. The van der Waals surface area contributed by atoms with E-state index in [1.165, 1.54) is 10.6 Å². The summed E-state index contributed by atoms with van der Waals surface area (Å²) < 4.78 is 1.42. The third-order valence-corrected chi connectivity index (χ3v) is 2.89. The number of carboxylic acid groups (broad SMARTS) is 1. The molecule has 2 rings (SSSR count). The first kappa shape index (κ1) is 13.0. The fourth-order valence-corrected chi connectivity index (χ4v) is 1.88. The van der Waals surface area contributed by atoms with E-state index in [0.29, 0.717) is 5.69 Å². The van der Waals surface area contributed by atoms with Crippen LogP contribution in [0.5, 0.6) is 0 Å². The van der Waals surface area contributed by atoms with E-state index in [9.17, 15) is 9.59 Å². The molecule has 2 heterocycles. The van der Waals surface area contributed by atoms with Gasteiger partial charge in [0.1, 0.15) is 5.56 Å². The highest BCUT2D eigenvalue weighted by atomic mass is 16.4. The van der Waals surface area contributed by atoms with Crippen molar-refractivity contribution in [2.45, 2.75) is 20.4 Å². The van der Waals surface area contributed by atoms with Gasteiger partial charge in [-0.15, -0.1) is 0 Å². The van der Waals surface area contributed by atoms with Gasteiger partial charge in [-0.3, -0.25) is 9.78 Å². The Kier molecular flexibility index (Phi) is 3.46.